The van der Waals surface area contributed by atoms with Crippen LogP contribution in [-0.2, 0) is 0 Å². The second-order valence-corrected chi connectivity index (χ2v) is 4.39. The van der Waals surface area contributed by atoms with Gasteiger partial charge in [-0.3, -0.25) is 4.79 Å². The van der Waals surface area contributed by atoms with Crippen molar-refractivity contribution in [3.8, 4) is 5.75 Å². The number of phenols is 1. The van der Waals surface area contributed by atoms with Gasteiger partial charge in [-0.2, -0.15) is 0 Å². The van der Waals surface area contributed by atoms with Crippen LogP contribution in [0.2, 0.25) is 0 Å². The van der Waals surface area contributed by atoms with E-state index in [-0.39, 0.29) is 11.7 Å². The van der Waals surface area contributed by atoms with Crippen LogP contribution < -0.4 is 11.1 Å². The van der Waals surface area contributed by atoms with Crippen molar-refractivity contribution >= 4 is 17.4 Å². The Morgan fingerprint density at radius 1 is 1.26 bits per heavy atom. The van der Waals surface area contributed by atoms with Crippen LogP contribution in [0.3, 0.4) is 0 Å². The third-order valence-electron chi connectivity index (χ3n) is 2.79. The molecule has 1 heterocycles. The number of anilines is 2. The summed E-state index contributed by atoms with van der Waals surface area (Å²) >= 11 is 0. The zero-order valence-corrected chi connectivity index (χ0v) is 10.8. The van der Waals surface area contributed by atoms with E-state index in [0.717, 1.165) is 5.56 Å². The van der Waals surface area contributed by atoms with Gasteiger partial charge in [-0.05, 0) is 49.2 Å². The monoisotopic (exact) mass is 257 g/mol. The molecule has 0 bridgehead atoms. The van der Waals surface area contributed by atoms with E-state index in [1.54, 1.807) is 25.1 Å². The first-order valence-corrected chi connectivity index (χ1v) is 5.80. The summed E-state index contributed by atoms with van der Waals surface area (Å²) in [7, 11) is 0. The lowest BCUT2D eigenvalue weighted by Crippen LogP contribution is -2.14. The molecule has 2 rings (SSSR count). The van der Waals surface area contributed by atoms with Gasteiger partial charge in [0.1, 0.15) is 11.6 Å². The molecule has 1 amide bonds. The molecule has 0 aliphatic heterocycles. The molecule has 0 unspecified atom stereocenters. The molecule has 5 nitrogen and oxygen atoms in total. The van der Waals surface area contributed by atoms with E-state index in [1.165, 1.54) is 12.3 Å². The van der Waals surface area contributed by atoms with Crippen LogP contribution in [0.5, 0.6) is 5.75 Å². The Labute approximate surface area is 111 Å². The first-order valence-electron chi connectivity index (χ1n) is 5.80. The van der Waals surface area contributed by atoms with Gasteiger partial charge in [-0.15, -0.1) is 0 Å². The summed E-state index contributed by atoms with van der Waals surface area (Å²) in [4.78, 5) is 16.1. The molecule has 0 aliphatic carbocycles. The highest BCUT2D eigenvalue weighted by Gasteiger charge is 2.10. The summed E-state index contributed by atoms with van der Waals surface area (Å²) in [6.07, 6.45) is 1.49. The zero-order chi connectivity index (χ0) is 14.0. The average Bonchev–Trinajstić information content (AvgIpc) is 2.36. The fraction of sp³-hybridized carbons (Fsp3) is 0.143. The van der Waals surface area contributed by atoms with Crippen molar-refractivity contribution in [2.75, 3.05) is 11.1 Å². The topological polar surface area (TPSA) is 88.2 Å². The number of aromatic hydroxyl groups is 1. The Kier molecular flexibility index (Phi) is 3.37. The molecule has 5 heteroatoms. The van der Waals surface area contributed by atoms with Crippen molar-refractivity contribution in [1.82, 2.24) is 4.98 Å². The number of benzene rings is 1. The molecule has 0 aliphatic rings. The summed E-state index contributed by atoms with van der Waals surface area (Å²) in [5, 5.41) is 12.1. The van der Waals surface area contributed by atoms with Gasteiger partial charge in [0.15, 0.2) is 0 Å². The van der Waals surface area contributed by atoms with Crippen molar-refractivity contribution in [2.24, 2.45) is 0 Å². The third-order valence-corrected chi connectivity index (χ3v) is 2.79. The van der Waals surface area contributed by atoms with E-state index < -0.39 is 0 Å². The fourth-order valence-corrected chi connectivity index (χ4v) is 1.70. The number of pyridine rings is 1. The number of hydrogen-bond acceptors (Lipinski definition) is 4. The average molecular weight is 257 g/mol. The molecule has 1 aromatic heterocycles. The molecule has 0 radical (unpaired) electrons. The van der Waals surface area contributed by atoms with Crippen LogP contribution in [0.1, 0.15) is 21.5 Å². The van der Waals surface area contributed by atoms with E-state index >= 15 is 0 Å². The van der Waals surface area contributed by atoms with Crippen LogP contribution >= 0.6 is 0 Å². The summed E-state index contributed by atoms with van der Waals surface area (Å²) in [6, 6.07) is 6.42. The number of aromatic nitrogens is 1. The van der Waals surface area contributed by atoms with Gasteiger partial charge in [0.25, 0.3) is 5.91 Å². The first kappa shape index (κ1) is 12.9. The normalized spacial score (nSPS) is 10.2. The third kappa shape index (κ3) is 2.82. The minimum absolute atomic E-state index is 0.165. The van der Waals surface area contributed by atoms with E-state index in [9.17, 15) is 9.90 Å². The Hall–Kier alpha value is -2.56. The SMILES string of the molecule is Cc1cc(C(=O)Nc2ncc(N)cc2C)ccc1O. The van der Waals surface area contributed by atoms with E-state index in [0.29, 0.717) is 22.6 Å². The van der Waals surface area contributed by atoms with Gasteiger partial charge in [-0.25, -0.2) is 4.98 Å². The molecule has 0 fully saturated rings. The number of nitrogens with zero attached hydrogens (tertiary/aromatic N) is 1. The molecule has 98 valence electrons. The molecular weight excluding hydrogens is 242 g/mol. The Bertz CT molecular complexity index is 639. The smallest absolute Gasteiger partial charge is 0.256 e. The number of rotatable bonds is 2. The molecule has 0 spiro atoms. The largest absolute Gasteiger partial charge is 0.508 e. The van der Waals surface area contributed by atoms with Gasteiger partial charge >= 0.3 is 0 Å². The van der Waals surface area contributed by atoms with Crippen LogP contribution in [-0.4, -0.2) is 16.0 Å². The molecule has 1 aromatic carbocycles. The lowest BCUT2D eigenvalue weighted by atomic mass is 10.1. The van der Waals surface area contributed by atoms with Gasteiger partial charge < -0.3 is 16.2 Å². The maximum Gasteiger partial charge on any atom is 0.256 e. The first-order chi connectivity index (χ1) is 8.97. The maximum absolute atomic E-state index is 12.1. The number of phenolic OH excluding ortho intramolecular Hbond substituents is 1. The summed E-state index contributed by atoms with van der Waals surface area (Å²) in [5.41, 5.74) is 8.06. The highest BCUT2D eigenvalue weighted by atomic mass is 16.3. The van der Waals surface area contributed by atoms with Gasteiger partial charge in [0.05, 0.1) is 11.9 Å². The van der Waals surface area contributed by atoms with Gasteiger partial charge in [0.2, 0.25) is 0 Å². The minimum atomic E-state index is -0.275. The van der Waals surface area contributed by atoms with Gasteiger partial charge in [-0.1, -0.05) is 0 Å². The predicted molar refractivity (Wildman–Crippen MR) is 74.2 cm³/mol. The molecular formula is C14H15N3O2. The number of carbonyl (C=O) groups is 1. The molecule has 0 saturated carbocycles. The highest BCUT2D eigenvalue weighted by Crippen LogP contribution is 2.19. The molecule has 0 saturated heterocycles. The Morgan fingerprint density at radius 3 is 2.63 bits per heavy atom. The number of amides is 1. The number of nitrogens with one attached hydrogen (secondary N) is 1. The summed E-state index contributed by atoms with van der Waals surface area (Å²) in [5.74, 6) is 0.367. The Morgan fingerprint density at radius 2 is 2.00 bits per heavy atom. The van der Waals surface area contributed by atoms with Crippen LogP contribution in [0, 0.1) is 13.8 Å². The van der Waals surface area contributed by atoms with Crippen LogP contribution in [0.15, 0.2) is 30.5 Å². The standard InChI is InChI=1S/C14H15N3O2/c1-8-5-10(3-4-12(8)18)14(19)17-13-9(2)6-11(15)7-16-13/h3-7,18H,15H2,1-2H3,(H,16,17,19). The lowest BCUT2D eigenvalue weighted by Gasteiger charge is -2.08. The van der Waals surface area contributed by atoms with E-state index in [1.807, 2.05) is 6.92 Å². The zero-order valence-electron chi connectivity index (χ0n) is 10.8. The molecule has 0 atom stereocenters. The predicted octanol–water partition coefficient (Wildman–Crippen LogP) is 2.24. The molecule has 19 heavy (non-hydrogen) atoms. The number of nitrogen functional groups attached to an aromatic ring is 1. The fourth-order valence-electron chi connectivity index (χ4n) is 1.70. The van der Waals surface area contributed by atoms with Crippen LogP contribution in [0.25, 0.3) is 0 Å². The molecule has 4 N–H and O–H groups in total. The Balaban J connectivity index is 2.23. The van der Waals surface area contributed by atoms with E-state index in [4.69, 9.17) is 5.73 Å². The number of aryl methyl sites for hydroxylation is 2. The van der Waals surface area contributed by atoms with Crippen molar-refractivity contribution in [3.63, 3.8) is 0 Å². The number of hydrogen-bond donors (Lipinski definition) is 3. The number of carbonyl (C=O) groups excluding carboxylic acids is 1. The second kappa shape index (κ2) is 4.97. The summed E-state index contributed by atoms with van der Waals surface area (Å²) in [6.45, 7) is 3.56. The lowest BCUT2D eigenvalue weighted by molar-refractivity contribution is 0.102. The van der Waals surface area contributed by atoms with Gasteiger partial charge in [0, 0.05) is 5.56 Å². The minimum Gasteiger partial charge on any atom is -0.508 e. The highest BCUT2D eigenvalue weighted by molar-refractivity contribution is 6.04. The van der Waals surface area contributed by atoms with Crippen molar-refractivity contribution < 1.29 is 9.90 Å². The van der Waals surface area contributed by atoms with Crippen molar-refractivity contribution in [3.05, 3.63) is 47.2 Å². The van der Waals surface area contributed by atoms with Crippen molar-refractivity contribution in [1.29, 1.82) is 0 Å². The summed E-state index contributed by atoms with van der Waals surface area (Å²) < 4.78 is 0. The maximum atomic E-state index is 12.1. The quantitative estimate of drug-likeness (QED) is 0.769. The second-order valence-electron chi connectivity index (χ2n) is 4.39. The van der Waals surface area contributed by atoms with Crippen LogP contribution in [0.4, 0.5) is 11.5 Å². The number of nitrogens with two attached hydrogens (primary N) is 1. The van der Waals surface area contributed by atoms with Crippen molar-refractivity contribution in [2.45, 2.75) is 13.8 Å². The van der Waals surface area contributed by atoms with E-state index in [2.05, 4.69) is 10.3 Å². The molecule has 2 aromatic rings.